The lowest BCUT2D eigenvalue weighted by molar-refractivity contribution is 0.0967. The molecular weight excluding hydrogens is 366 g/mol. The van der Waals surface area contributed by atoms with E-state index in [9.17, 15) is 18.0 Å². The number of para-hydroxylation sites is 2. The SMILES string of the molecule is O=C(c1ccc(S(=O)(=O)NCCn2c(=O)[nH]c3ccccc32)cc1)C1CC1. The summed E-state index contributed by atoms with van der Waals surface area (Å²) in [4.78, 5) is 26.9. The van der Waals surface area contributed by atoms with Gasteiger partial charge in [-0.3, -0.25) is 9.36 Å². The Bertz CT molecular complexity index is 1160. The van der Waals surface area contributed by atoms with Crippen LogP contribution in [0.25, 0.3) is 11.0 Å². The third-order valence-corrected chi connectivity index (χ3v) is 6.18. The van der Waals surface area contributed by atoms with Crippen LogP contribution in [0, 0.1) is 5.92 Å². The van der Waals surface area contributed by atoms with E-state index in [2.05, 4.69) is 9.71 Å². The molecule has 0 amide bonds. The maximum absolute atomic E-state index is 12.4. The summed E-state index contributed by atoms with van der Waals surface area (Å²) in [6.07, 6.45) is 1.82. The predicted molar refractivity (Wildman–Crippen MR) is 101 cm³/mol. The highest BCUT2D eigenvalue weighted by atomic mass is 32.2. The number of nitrogens with one attached hydrogen (secondary N) is 2. The fourth-order valence-electron chi connectivity index (χ4n) is 3.08. The minimum atomic E-state index is -3.71. The fraction of sp³-hybridized carbons (Fsp3) is 0.263. The molecule has 0 aliphatic heterocycles. The monoisotopic (exact) mass is 385 g/mol. The van der Waals surface area contributed by atoms with Gasteiger partial charge < -0.3 is 4.98 Å². The summed E-state index contributed by atoms with van der Waals surface area (Å²) in [7, 11) is -3.71. The number of hydrogen-bond acceptors (Lipinski definition) is 4. The Kier molecular flexibility index (Phi) is 4.45. The van der Waals surface area contributed by atoms with Crippen molar-refractivity contribution in [3.05, 3.63) is 64.6 Å². The Morgan fingerprint density at radius 1 is 1.11 bits per heavy atom. The first-order valence-electron chi connectivity index (χ1n) is 8.77. The number of rotatable bonds is 7. The molecule has 0 bridgehead atoms. The zero-order valence-corrected chi connectivity index (χ0v) is 15.3. The number of aromatic amines is 1. The molecule has 1 aromatic heterocycles. The Hall–Kier alpha value is -2.71. The van der Waals surface area contributed by atoms with Gasteiger partial charge in [0.15, 0.2) is 5.78 Å². The van der Waals surface area contributed by atoms with Crippen LogP contribution in [0.2, 0.25) is 0 Å². The zero-order chi connectivity index (χ0) is 19.0. The van der Waals surface area contributed by atoms with Crippen LogP contribution < -0.4 is 10.4 Å². The number of imidazole rings is 1. The Morgan fingerprint density at radius 3 is 2.52 bits per heavy atom. The van der Waals surface area contributed by atoms with E-state index in [-0.39, 0.29) is 35.4 Å². The molecule has 1 heterocycles. The summed E-state index contributed by atoms with van der Waals surface area (Å²) >= 11 is 0. The van der Waals surface area contributed by atoms with Gasteiger partial charge in [0.05, 0.1) is 15.9 Å². The van der Waals surface area contributed by atoms with Crippen molar-refractivity contribution in [2.24, 2.45) is 5.92 Å². The van der Waals surface area contributed by atoms with Crippen molar-refractivity contribution in [1.82, 2.24) is 14.3 Å². The van der Waals surface area contributed by atoms with E-state index in [1.165, 1.54) is 16.7 Å². The van der Waals surface area contributed by atoms with Crippen LogP contribution in [0.5, 0.6) is 0 Å². The maximum atomic E-state index is 12.4. The number of aromatic nitrogens is 2. The maximum Gasteiger partial charge on any atom is 0.326 e. The molecule has 4 rings (SSSR count). The second-order valence-electron chi connectivity index (χ2n) is 6.66. The number of benzene rings is 2. The van der Waals surface area contributed by atoms with Gasteiger partial charge in [-0.2, -0.15) is 0 Å². The first-order valence-corrected chi connectivity index (χ1v) is 10.3. The molecular formula is C19H19N3O4S. The summed E-state index contributed by atoms with van der Waals surface area (Å²) in [5, 5.41) is 0. The second-order valence-corrected chi connectivity index (χ2v) is 8.43. The molecule has 2 aromatic carbocycles. The molecule has 0 atom stereocenters. The molecule has 2 N–H and O–H groups in total. The van der Waals surface area contributed by atoms with E-state index in [1.54, 1.807) is 24.3 Å². The van der Waals surface area contributed by atoms with Gasteiger partial charge in [-0.05, 0) is 37.1 Å². The average molecular weight is 385 g/mol. The summed E-state index contributed by atoms with van der Waals surface area (Å²) in [6, 6.07) is 13.2. The zero-order valence-electron chi connectivity index (χ0n) is 14.5. The van der Waals surface area contributed by atoms with Gasteiger partial charge in [-0.15, -0.1) is 0 Å². The molecule has 8 heteroatoms. The van der Waals surface area contributed by atoms with Gasteiger partial charge in [-0.1, -0.05) is 24.3 Å². The molecule has 3 aromatic rings. The lowest BCUT2D eigenvalue weighted by atomic mass is 10.1. The van der Waals surface area contributed by atoms with Gasteiger partial charge in [0.25, 0.3) is 0 Å². The quantitative estimate of drug-likeness (QED) is 0.607. The Morgan fingerprint density at radius 2 is 1.81 bits per heavy atom. The molecule has 1 aliphatic carbocycles. The molecule has 0 spiro atoms. The number of carbonyl (C=O) groups excluding carboxylic acids is 1. The van der Waals surface area contributed by atoms with Crippen molar-refractivity contribution >= 4 is 26.8 Å². The van der Waals surface area contributed by atoms with Crippen LogP contribution in [0.3, 0.4) is 0 Å². The van der Waals surface area contributed by atoms with Crippen molar-refractivity contribution in [1.29, 1.82) is 0 Å². The molecule has 1 saturated carbocycles. The first-order chi connectivity index (χ1) is 13.0. The molecule has 1 fully saturated rings. The minimum Gasteiger partial charge on any atom is -0.306 e. The number of H-pyrrole nitrogens is 1. The van der Waals surface area contributed by atoms with E-state index in [4.69, 9.17) is 0 Å². The van der Waals surface area contributed by atoms with Gasteiger partial charge in [-0.25, -0.2) is 17.9 Å². The fourth-order valence-corrected chi connectivity index (χ4v) is 4.10. The van der Waals surface area contributed by atoms with Crippen LogP contribution in [-0.4, -0.2) is 30.3 Å². The third kappa shape index (κ3) is 3.58. The normalized spacial score (nSPS) is 14.5. The van der Waals surface area contributed by atoms with Gasteiger partial charge >= 0.3 is 5.69 Å². The van der Waals surface area contributed by atoms with Crippen LogP contribution in [-0.2, 0) is 16.6 Å². The molecule has 0 radical (unpaired) electrons. The molecule has 1 aliphatic rings. The van der Waals surface area contributed by atoms with Crippen LogP contribution >= 0.6 is 0 Å². The van der Waals surface area contributed by atoms with E-state index >= 15 is 0 Å². The topological polar surface area (TPSA) is 101 Å². The number of hydrogen-bond donors (Lipinski definition) is 2. The van der Waals surface area contributed by atoms with Crippen LogP contribution in [0.15, 0.2) is 58.2 Å². The summed E-state index contributed by atoms with van der Waals surface area (Å²) in [6.45, 7) is 0.285. The largest absolute Gasteiger partial charge is 0.326 e. The van der Waals surface area contributed by atoms with Crippen molar-refractivity contribution < 1.29 is 13.2 Å². The van der Waals surface area contributed by atoms with Gasteiger partial charge in [0.2, 0.25) is 10.0 Å². The van der Waals surface area contributed by atoms with Crippen molar-refractivity contribution in [2.45, 2.75) is 24.3 Å². The van der Waals surface area contributed by atoms with Crippen LogP contribution in [0.4, 0.5) is 0 Å². The Labute approximate surface area is 156 Å². The molecule has 0 unspecified atom stereocenters. The van der Waals surface area contributed by atoms with E-state index in [1.807, 2.05) is 12.1 Å². The van der Waals surface area contributed by atoms with E-state index in [0.717, 1.165) is 18.4 Å². The van der Waals surface area contributed by atoms with Crippen LogP contribution in [0.1, 0.15) is 23.2 Å². The molecule has 7 nitrogen and oxygen atoms in total. The summed E-state index contributed by atoms with van der Waals surface area (Å²) in [5.41, 5.74) is 1.70. The number of carbonyl (C=O) groups is 1. The standard InChI is InChI=1S/C19H19N3O4S/c23-18(13-5-6-13)14-7-9-15(10-8-14)27(25,26)20-11-12-22-17-4-2-1-3-16(17)21-19(22)24/h1-4,7-10,13,20H,5-6,11-12H2,(H,21,24). The predicted octanol–water partition coefficient (Wildman–Crippen LogP) is 1.90. The van der Waals surface area contributed by atoms with E-state index in [0.29, 0.717) is 11.1 Å². The van der Waals surface area contributed by atoms with E-state index < -0.39 is 10.0 Å². The second kappa shape index (κ2) is 6.79. The average Bonchev–Trinajstić information content (AvgIpc) is 3.46. The number of fused-ring (bicyclic) bond motifs is 1. The molecule has 140 valence electrons. The van der Waals surface area contributed by atoms with Gasteiger partial charge in [0, 0.05) is 24.6 Å². The highest BCUT2D eigenvalue weighted by molar-refractivity contribution is 7.89. The summed E-state index contributed by atoms with van der Waals surface area (Å²) in [5.74, 6) is 0.172. The third-order valence-electron chi connectivity index (χ3n) is 4.71. The Balaban J connectivity index is 1.44. The number of sulfonamides is 1. The van der Waals surface area contributed by atoms with Crippen molar-refractivity contribution in [2.75, 3.05) is 6.54 Å². The lowest BCUT2D eigenvalue weighted by Gasteiger charge is -2.08. The molecule has 0 saturated heterocycles. The van der Waals surface area contributed by atoms with Gasteiger partial charge in [0.1, 0.15) is 0 Å². The minimum absolute atomic E-state index is 0.0746. The lowest BCUT2D eigenvalue weighted by Crippen LogP contribution is -2.30. The number of ketones is 1. The smallest absolute Gasteiger partial charge is 0.306 e. The number of nitrogens with zero attached hydrogens (tertiary/aromatic N) is 1. The highest BCUT2D eigenvalue weighted by Crippen LogP contribution is 2.32. The highest BCUT2D eigenvalue weighted by Gasteiger charge is 2.30. The number of Topliss-reactive ketones (excluding diaryl/α,β-unsaturated/α-hetero) is 1. The first kappa shape index (κ1) is 17.7. The van der Waals surface area contributed by atoms with Crippen molar-refractivity contribution in [3.63, 3.8) is 0 Å². The van der Waals surface area contributed by atoms with Crippen molar-refractivity contribution in [3.8, 4) is 0 Å². The summed E-state index contributed by atoms with van der Waals surface area (Å²) < 4.78 is 28.9. The molecule has 27 heavy (non-hydrogen) atoms.